The van der Waals surface area contributed by atoms with E-state index in [4.69, 9.17) is 4.74 Å². The molecule has 29 heavy (non-hydrogen) atoms. The minimum absolute atomic E-state index is 0.147. The molecule has 0 radical (unpaired) electrons. The number of carbonyl (C=O) groups excluding carboxylic acids is 1. The SMILES string of the molecule is Cc1cc(C)c(C)c(S(=O)(=O)N2CCC(C(=O)OCC3CCCCC3)CC2)c1C. The van der Waals surface area contributed by atoms with Crippen LogP contribution < -0.4 is 0 Å². The van der Waals surface area contributed by atoms with Crippen LogP contribution in [0.1, 0.15) is 67.2 Å². The molecule has 0 N–H and O–H groups in total. The Hall–Kier alpha value is -1.40. The highest BCUT2D eigenvalue weighted by Crippen LogP contribution is 2.31. The van der Waals surface area contributed by atoms with Gasteiger partial charge in [-0.05, 0) is 81.5 Å². The average Bonchev–Trinajstić information content (AvgIpc) is 2.71. The summed E-state index contributed by atoms with van der Waals surface area (Å²) in [6.45, 7) is 8.94. The van der Waals surface area contributed by atoms with Crippen molar-refractivity contribution in [3.05, 3.63) is 28.3 Å². The summed E-state index contributed by atoms with van der Waals surface area (Å²) in [4.78, 5) is 12.9. The zero-order chi connectivity index (χ0) is 21.2. The van der Waals surface area contributed by atoms with Crippen LogP contribution >= 0.6 is 0 Å². The Labute approximate surface area is 175 Å². The number of ether oxygens (including phenoxy) is 1. The van der Waals surface area contributed by atoms with Gasteiger partial charge in [0, 0.05) is 13.1 Å². The second kappa shape index (κ2) is 9.17. The number of esters is 1. The Kier molecular flexibility index (Phi) is 7.05. The topological polar surface area (TPSA) is 63.7 Å². The summed E-state index contributed by atoms with van der Waals surface area (Å²) in [5, 5.41) is 0. The first-order chi connectivity index (χ1) is 13.7. The van der Waals surface area contributed by atoms with Crippen LogP contribution in [-0.4, -0.2) is 38.4 Å². The minimum atomic E-state index is -3.57. The Balaban J connectivity index is 1.62. The van der Waals surface area contributed by atoms with Crippen LogP contribution in [0.5, 0.6) is 0 Å². The number of benzene rings is 1. The van der Waals surface area contributed by atoms with E-state index in [1.807, 2.05) is 33.8 Å². The molecule has 0 spiro atoms. The molecule has 1 aliphatic carbocycles. The maximum Gasteiger partial charge on any atom is 0.309 e. The summed E-state index contributed by atoms with van der Waals surface area (Å²) in [6, 6.07) is 2.04. The molecule has 1 aromatic rings. The molecule has 1 saturated carbocycles. The fourth-order valence-corrected chi connectivity index (χ4v) is 6.75. The van der Waals surface area contributed by atoms with Gasteiger partial charge in [-0.2, -0.15) is 4.31 Å². The molecule has 162 valence electrons. The number of piperidine rings is 1. The van der Waals surface area contributed by atoms with Crippen LogP contribution in [0.15, 0.2) is 11.0 Å². The highest BCUT2D eigenvalue weighted by molar-refractivity contribution is 7.89. The Morgan fingerprint density at radius 2 is 1.52 bits per heavy atom. The van der Waals surface area contributed by atoms with Gasteiger partial charge in [0.1, 0.15) is 0 Å². The third kappa shape index (κ3) is 4.85. The maximum atomic E-state index is 13.4. The first-order valence-electron chi connectivity index (χ1n) is 11.0. The number of rotatable bonds is 5. The molecule has 2 aliphatic rings. The van der Waals surface area contributed by atoms with Gasteiger partial charge in [0.25, 0.3) is 0 Å². The number of hydrogen-bond donors (Lipinski definition) is 0. The van der Waals surface area contributed by atoms with Gasteiger partial charge in [0.05, 0.1) is 17.4 Å². The number of aryl methyl sites for hydroxylation is 2. The number of hydrogen-bond acceptors (Lipinski definition) is 4. The van der Waals surface area contributed by atoms with E-state index >= 15 is 0 Å². The molecule has 0 amide bonds. The van der Waals surface area contributed by atoms with Crippen LogP contribution in [0.2, 0.25) is 0 Å². The van der Waals surface area contributed by atoms with Gasteiger partial charge < -0.3 is 4.74 Å². The van der Waals surface area contributed by atoms with Gasteiger partial charge in [-0.25, -0.2) is 8.42 Å². The maximum absolute atomic E-state index is 13.4. The molecule has 0 unspecified atom stereocenters. The van der Waals surface area contributed by atoms with Crippen molar-refractivity contribution in [1.82, 2.24) is 4.31 Å². The summed E-state index contributed by atoms with van der Waals surface area (Å²) < 4.78 is 33.8. The van der Waals surface area contributed by atoms with Crippen molar-refractivity contribution in [2.75, 3.05) is 19.7 Å². The standard InChI is InChI=1S/C23H35NO4S/c1-16-14-17(2)19(4)22(18(16)3)29(26,27)24-12-10-21(11-13-24)23(25)28-15-20-8-6-5-7-9-20/h14,20-21H,5-13,15H2,1-4H3. The second-order valence-electron chi connectivity index (χ2n) is 8.90. The first-order valence-corrected chi connectivity index (χ1v) is 12.4. The number of nitrogens with zero attached hydrogens (tertiary/aromatic N) is 1. The highest BCUT2D eigenvalue weighted by Gasteiger charge is 2.35. The lowest BCUT2D eigenvalue weighted by molar-refractivity contribution is -0.151. The zero-order valence-electron chi connectivity index (χ0n) is 18.3. The lowest BCUT2D eigenvalue weighted by Crippen LogP contribution is -2.41. The van der Waals surface area contributed by atoms with Crippen LogP contribution in [0.25, 0.3) is 0 Å². The molecular formula is C23H35NO4S. The third-order valence-corrected chi connectivity index (χ3v) is 9.04. The van der Waals surface area contributed by atoms with E-state index in [-0.39, 0.29) is 11.9 Å². The van der Waals surface area contributed by atoms with Crippen LogP contribution in [-0.2, 0) is 19.6 Å². The third-order valence-electron chi connectivity index (χ3n) is 6.87. The molecule has 0 aromatic heterocycles. The van der Waals surface area contributed by atoms with Gasteiger partial charge in [-0.15, -0.1) is 0 Å². The van der Waals surface area contributed by atoms with Crippen molar-refractivity contribution in [2.45, 2.75) is 77.5 Å². The lowest BCUT2D eigenvalue weighted by atomic mass is 9.90. The van der Waals surface area contributed by atoms with E-state index in [1.165, 1.54) is 19.3 Å². The van der Waals surface area contributed by atoms with Gasteiger partial charge in [-0.1, -0.05) is 25.3 Å². The van der Waals surface area contributed by atoms with Crippen molar-refractivity contribution in [3.63, 3.8) is 0 Å². The molecular weight excluding hydrogens is 386 g/mol. The van der Waals surface area contributed by atoms with Crippen LogP contribution in [0, 0.1) is 39.5 Å². The van der Waals surface area contributed by atoms with E-state index < -0.39 is 10.0 Å². The van der Waals surface area contributed by atoms with E-state index in [0.29, 0.717) is 43.4 Å². The fourth-order valence-electron chi connectivity index (χ4n) is 4.70. The highest BCUT2D eigenvalue weighted by atomic mass is 32.2. The van der Waals surface area contributed by atoms with Crippen LogP contribution in [0.4, 0.5) is 0 Å². The van der Waals surface area contributed by atoms with Gasteiger partial charge in [0.15, 0.2) is 0 Å². The lowest BCUT2D eigenvalue weighted by Gasteiger charge is -2.32. The predicted octanol–water partition coefficient (Wildman–Crippen LogP) is 4.44. The summed E-state index contributed by atoms with van der Waals surface area (Å²) in [5.74, 6) is 0.168. The average molecular weight is 422 g/mol. The van der Waals surface area contributed by atoms with E-state index in [2.05, 4.69) is 0 Å². The molecule has 6 heteroatoms. The summed E-state index contributed by atoms with van der Waals surface area (Å²) in [6.07, 6.45) is 7.12. The first kappa shape index (κ1) is 22.3. The Morgan fingerprint density at radius 3 is 2.07 bits per heavy atom. The minimum Gasteiger partial charge on any atom is -0.465 e. The molecule has 0 atom stereocenters. The quantitative estimate of drug-likeness (QED) is 0.659. The van der Waals surface area contributed by atoms with E-state index in [1.54, 1.807) is 4.31 Å². The number of sulfonamides is 1. The molecule has 1 aliphatic heterocycles. The summed E-state index contributed by atoms with van der Waals surface area (Å²) in [5.41, 5.74) is 3.63. The molecule has 0 bridgehead atoms. The zero-order valence-corrected chi connectivity index (χ0v) is 19.1. The fraction of sp³-hybridized carbons (Fsp3) is 0.696. The monoisotopic (exact) mass is 421 g/mol. The van der Waals surface area contributed by atoms with Crippen molar-refractivity contribution >= 4 is 16.0 Å². The molecule has 3 rings (SSSR count). The van der Waals surface area contributed by atoms with Gasteiger partial charge >= 0.3 is 5.97 Å². The Bertz CT molecular complexity index is 822. The summed E-state index contributed by atoms with van der Waals surface area (Å²) >= 11 is 0. The molecule has 2 fully saturated rings. The molecule has 1 aromatic carbocycles. The van der Waals surface area contributed by atoms with Crippen molar-refractivity contribution < 1.29 is 17.9 Å². The normalized spacial score (nSPS) is 20.0. The van der Waals surface area contributed by atoms with E-state index in [0.717, 1.165) is 35.1 Å². The molecule has 1 heterocycles. The summed E-state index contributed by atoms with van der Waals surface area (Å²) in [7, 11) is -3.57. The Morgan fingerprint density at radius 1 is 0.966 bits per heavy atom. The van der Waals surface area contributed by atoms with Crippen molar-refractivity contribution in [3.8, 4) is 0 Å². The molecule has 5 nitrogen and oxygen atoms in total. The largest absolute Gasteiger partial charge is 0.465 e. The van der Waals surface area contributed by atoms with E-state index in [9.17, 15) is 13.2 Å². The van der Waals surface area contributed by atoms with Crippen LogP contribution in [0.3, 0.4) is 0 Å². The van der Waals surface area contributed by atoms with Gasteiger partial charge in [0.2, 0.25) is 10.0 Å². The number of carbonyl (C=O) groups is 1. The van der Waals surface area contributed by atoms with Crippen molar-refractivity contribution in [2.24, 2.45) is 11.8 Å². The van der Waals surface area contributed by atoms with Gasteiger partial charge in [-0.3, -0.25) is 4.79 Å². The molecule has 1 saturated heterocycles. The predicted molar refractivity (Wildman–Crippen MR) is 114 cm³/mol. The van der Waals surface area contributed by atoms with Crippen molar-refractivity contribution in [1.29, 1.82) is 0 Å². The second-order valence-corrected chi connectivity index (χ2v) is 10.8. The smallest absolute Gasteiger partial charge is 0.309 e.